The van der Waals surface area contributed by atoms with Crippen LogP contribution in [0.1, 0.15) is 31.1 Å². The molecule has 1 heterocycles. The number of anilines is 2. The van der Waals surface area contributed by atoms with E-state index in [1.165, 1.54) is 6.20 Å². The summed E-state index contributed by atoms with van der Waals surface area (Å²) in [7, 11) is 1.89. The van der Waals surface area contributed by atoms with Gasteiger partial charge in [0.05, 0.1) is 17.4 Å². The molecule has 4 N–H and O–H groups in total. The quantitative estimate of drug-likeness (QED) is 0.827. The van der Waals surface area contributed by atoms with Crippen LogP contribution < -0.4 is 16.4 Å². The van der Waals surface area contributed by atoms with Gasteiger partial charge in [0, 0.05) is 13.6 Å². The van der Waals surface area contributed by atoms with Gasteiger partial charge in [-0.15, -0.1) is 0 Å². The molecule has 0 aromatic carbocycles. The van der Waals surface area contributed by atoms with Gasteiger partial charge < -0.3 is 16.4 Å². The van der Waals surface area contributed by atoms with Crippen LogP contribution in [-0.4, -0.2) is 24.5 Å². The molecule has 0 radical (unpaired) electrons. The summed E-state index contributed by atoms with van der Waals surface area (Å²) in [5.41, 5.74) is 11.8. The van der Waals surface area contributed by atoms with Gasteiger partial charge in [0.1, 0.15) is 5.82 Å². The molecule has 5 heteroatoms. The van der Waals surface area contributed by atoms with Crippen molar-refractivity contribution in [2.45, 2.75) is 20.8 Å². The maximum atomic E-state index is 11.3. The van der Waals surface area contributed by atoms with Crippen molar-refractivity contribution in [1.29, 1.82) is 0 Å². The van der Waals surface area contributed by atoms with Gasteiger partial charge in [-0.2, -0.15) is 0 Å². The van der Waals surface area contributed by atoms with E-state index >= 15 is 0 Å². The maximum absolute atomic E-state index is 11.3. The smallest absolute Gasteiger partial charge is 0.252 e. The lowest BCUT2D eigenvalue weighted by molar-refractivity contribution is 0.100. The number of nitrogens with two attached hydrogens (primary N) is 2. The van der Waals surface area contributed by atoms with Crippen molar-refractivity contribution in [3.63, 3.8) is 0 Å². The molecule has 17 heavy (non-hydrogen) atoms. The second kappa shape index (κ2) is 4.61. The number of carbonyl (C=O) groups excluding carboxylic acids is 1. The van der Waals surface area contributed by atoms with Crippen LogP contribution in [0, 0.1) is 5.41 Å². The Bertz CT molecular complexity index is 423. The van der Waals surface area contributed by atoms with Gasteiger partial charge in [-0.3, -0.25) is 4.79 Å². The molecule has 0 unspecified atom stereocenters. The van der Waals surface area contributed by atoms with Crippen molar-refractivity contribution in [2.24, 2.45) is 11.1 Å². The minimum atomic E-state index is -0.513. The highest BCUT2D eigenvalue weighted by Gasteiger charge is 2.19. The van der Waals surface area contributed by atoms with Crippen LogP contribution in [-0.2, 0) is 0 Å². The second-order valence-corrected chi connectivity index (χ2v) is 5.42. The number of primary amides is 1. The van der Waals surface area contributed by atoms with E-state index in [0.717, 1.165) is 6.54 Å². The Hall–Kier alpha value is -1.78. The van der Waals surface area contributed by atoms with Gasteiger partial charge in [-0.05, 0) is 11.5 Å². The normalized spacial score (nSPS) is 11.3. The summed E-state index contributed by atoms with van der Waals surface area (Å²) in [6.45, 7) is 7.12. The summed E-state index contributed by atoms with van der Waals surface area (Å²) in [6.07, 6.45) is 1.53. The molecule has 0 aliphatic carbocycles. The van der Waals surface area contributed by atoms with Crippen LogP contribution in [0.5, 0.6) is 0 Å². The molecule has 94 valence electrons. The molecule has 0 spiro atoms. The fraction of sp³-hybridized carbons (Fsp3) is 0.500. The van der Waals surface area contributed by atoms with Crippen LogP contribution in [0.3, 0.4) is 0 Å². The summed E-state index contributed by atoms with van der Waals surface area (Å²) >= 11 is 0. The van der Waals surface area contributed by atoms with Crippen molar-refractivity contribution in [3.8, 4) is 0 Å². The zero-order valence-corrected chi connectivity index (χ0v) is 10.8. The molecular formula is C12H20N4O. The van der Waals surface area contributed by atoms with Gasteiger partial charge in [-0.25, -0.2) is 4.98 Å². The number of hydrogen-bond acceptors (Lipinski definition) is 4. The van der Waals surface area contributed by atoms with E-state index < -0.39 is 5.91 Å². The lowest BCUT2D eigenvalue weighted by Gasteiger charge is -2.28. The SMILES string of the molecule is CN(CC(C)(C)C)c1ncc(N)cc1C(N)=O. The van der Waals surface area contributed by atoms with Crippen molar-refractivity contribution < 1.29 is 4.79 Å². The van der Waals surface area contributed by atoms with E-state index in [0.29, 0.717) is 17.1 Å². The molecular weight excluding hydrogens is 216 g/mol. The Labute approximate surface area is 102 Å². The summed E-state index contributed by atoms with van der Waals surface area (Å²) in [5, 5.41) is 0. The number of carbonyl (C=O) groups is 1. The van der Waals surface area contributed by atoms with Gasteiger partial charge in [0.25, 0.3) is 5.91 Å². The van der Waals surface area contributed by atoms with E-state index in [2.05, 4.69) is 25.8 Å². The maximum Gasteiger partial charge on any atom is 0.252 e. The predicted octanol–water partition coefficient (Wildman–Crippen LogP) is 1.25. The van der Waals surface area contributed by atoms with Crippen molar-refractivity contribution in [3.05, 3.63) is 17.8 Å². The number of rotatable bonds is 3. The molecule has 5 nitrogen and oxygen atoms in total. The Morgan fingerprint density at radius 1 is 1.47 bits per heavy atom. The fourth-order valence-corrected chi connectivity index (χ4v) is 1.75. The fourth-order valence-electron chi connectivity index (χ4n) is 1.75. The van der Waals surface area contributed by atoms with Crippen molar-refractivity contribution in [1.82, 2.24) is 4.98 Å². The zero-order chi connectivity index (χ0) is 13.2. The summed E-state index contributed by atoms with van der Waals surface area (Å²) in [4.78, 5) is 17.4. The molecule has 0 fully saturated rings. The average molecular weight is 236 g/mol. The lowest BCUT2D eigenvalue weighted by Crippen LogP contribution is -2.31. The number of nitrogens with zero attached hydrogens (tertiary/aromatic N) is 2. The summed E-state index contributed by atoms with van der Waals surface area (Å²) in [6, 6.07) is 1.56. The highest BCUT2D eigenvalue weighted by molar-refractivity contribution is 5.98. The van der Waals surface area contributed by atoms with Gasteiger partial charge >= 0.3 is 0 Å². The lowest BCUT2D eigenvalue weighted by atomic mass is 9.96. The molecule has 1 rings (SSSR count). The number of nitrogen functional groups attached to an aromatic ring is 1. The van der Waals surface area contributed by atoms with Crippen molar-refractivity contribution >= 4 is 17.4 Å². The van der Waals surface area contributed by atoms with Crippen LogP contribution in [0.15, 0.2) is 12.3 Å². The molecule has 0 saturated heterocycles. The van der Waals surface area contributed by atoms with Gasteiger partial charge in [0.15, 0.2) is 0 Å². The van der Waals surface area contributed by atoms with Crippen LogP contribution in [0.2, 0.25) is 0 Å². The van der Waals surface area contributed by atoms with Crippen LogP contribution in [0.4, 0.5) is 11.5 Å². The van der Waals surface area contributed by atoms with Gasteiger partial charge in [-0.1, -0.05) is 20.8 Å². The molecule has 0 bridgehead atoms. The second-order valence-electron chi connectivity index (χ2n) is 5.42. The Morgan fingerprint density at radius 2 is 2.06 bits per heavy atom. The minimum Gasteiger partial charge on any atom is -0.397 e. The first-order valence-electron chi connectivity index (χ1n) is 5.47. The first-order chi connectivity index (χ1) is 7.70. The van der Waals surface area contributed by atoms with E-state index in [1.54, 1.807) is 6.07 Å². The zero-order valence-electron chi connectivity index (χ0n) is 10.8. The summed E-state index contributed by atoms with van der Waals surface area (Å²) in [5.74, 6) is 0.0576. The van der Waals surface area contributed by atoms with Crippen LogP contribution >= 0.6 is 0 Å². The van der Waals surface area contributed by atoms with E-state index in [1.807, 2.05) is 11.9 Å². The van der Waals surface area contributed by atoms with Gasteiger partial charge in [0.2, 0.25) is 0 Å². The molecule has 0 aliphatic rings. The van der Waals surface area contributed by atoms with Crippen LogP contribution in [0.25, 0.3) is 0 Å². The largest absolute Gasteiger partial charge is 0.397 e. The monoisotopic (exact) mass is 236 g/mol. The van der Waals surface area contributed by atoms with E-state index in [4.69, 9.17) is 11.5 Å². The number of hydrogen-bond donors (Lipinski definition) is 2. The first kappa shape index (κ1) is 13.3. The average Bonchev–Trinajstić information content (AvgIpc) is 2.14. The Morgan fingerprint density at radius 3 is 2.53 bits per heavy atom. The third kappa shape index (κ3) is 3.62. The number of aromatic nitrogens is 1. The third-order valence-electron chi connectivity index (χ3n) is 2.23. The highest BCUT2D eigenvalue weighted by atomic mass is 16.1. The Kier molecular flexibility index (Phi) is 3.60. The van der Waals surface area contributed by atoms with E-state index in [-0.39, 0.29) is 5.41 Å². The third-order valence-corrected chi connectivity index (χ3v) is 2.23. The molecule has 1 aromatic rings. The molecule has 0 saturated carbocycles. The molecule has 0 atom stereocenters. The Balaban J connectivity index is 3.09. The number of amides is 1. The molecule has 1 amide bonds. The molecule has 1 aromatic heterocycles. The first-order valence-corrected chi connectivity index (χ1v) is 5.47. The topological polar surface area (TPSA) is 85.2 Å². The van der Waals surface area contributed by atoms with E-state index in [9.17, 15) is 4.79 Å². The minimum absolute atomic E-state index is 0.104. The standard InChI is InChI=1S/C12H20N4O/c1-12(2,3)7-16(4)11-9(10(14)17)5-8(13)6-15-11/h5-6H,7,13H2,1-4H3,(H2,14,17). The summed E-state index contributed by atoms with van der Waals surface area (Å²) < 4.78 is 0. The highest BCUT2D eigenvalue weighted by Crippen LogP contribution is 2.22. The number of pyridine rings is 1. The predicted molar refractivity (Wildman–Crippen MR) is 69.9 cm³/mol. The van der Waals surface area contributed by atoms with Crippen molar-refractivity contribution in [2.75, 3.05) is 24.2 Å². The molecule has 0 aliphatic heterocycles.